The maximum atomic E-state index is 12.2. The number of amides is 1. The Kier molecular flexibility index (Phi) is 5.46. The molecule has 0 aliphatic carbocycles. The molecule has 0 aromatic heterocycles. The van der Waals surface area contributed by atoms with Crippen LogP contribution >= 0.6 is 0 Å². The summed E-state index contributed by atoms with van der Waals surface area (Å²) in [5.41, 5.74) is 1.32. The van der Waals surface area contributed by atoms with E-state index in [2.05, 4.69) is 10.2 Å². The number of nitrogens with zero attached hydrogens (tertiary/aromatic N) is 1. The molecule has 5 nitrogen and oxygen atoms in total. The second-order valence-electron chi connectivity index (χ2n) is 5.39. The normalized spacial score (nSPS) is 11.6. The fourth-order valence-electron chi connectivity index (χ4n) is 2.22. The molecule has 1 unspecified atom stereocenters. The van der Waals surface area contributed by atoms with Gasteiger partial charge in [0.05, 0.1) is 12.7 Å². The van der Waals surface area contributed by atoms with Crippen molar-refractivity contribution in [2.24, 2.45) is 0 Å². The molecule has 2 aromatic rings. The quantitative estimate of drug-likeness (QED) is 0.860. The molecule has 0 aliphatic heterocycles. The summed E-state index contributed by atoms with van der Waals surface area (Å²) in [6.07, 6.45) is 0. The molecule has 0 saturated carbocycles. The topological polar surface area (TPSA) is 61.8 Å². The number of nitrogens with one attached hydrogen (secondary N) is 1. The molecule has 0 heterocycles. The van der Waals surface area contributed by atoms with Crippen molar-refractivity contribution < 1.29 is 14.6 Å². The van der Waals surface area contributed by atoms with Gasteiger partial charge in [-0.2, -0.15) is 0 Å². The van der Waals surface area contributed by atoms with Crippen LogP contribution in [0.25, 0.3) is 0 Å². The number of phenols is 1. The third kappa shape index (κ3) is 4.16. The van der Waals surface area contributed by atoms with Gasteiger partial charge in [-0.05, 0) is 31.2 Å². The van der Waals surface area contributed by atoms with Crippen molar-refractivity contribution >= 4 is 11.6 Å². The summed E-state index contributed by atoms with van der Waals surface area (Å²) >= 11 is 0. The largest absolute Gasteiger partial charge is 0.507 e. The summed E-state index contributed by atoms with van der Waals surface area (Å²) in [6.45, 7) is 2.50. The number of aromatic hydroxyl groups is 1. The SMILES string of the molecule is COc1ccc(C(=O)NCC(C)N(C)c2ccccc2)c(O)c1. The molecule has 0 bridgehead atoms. The maximum Gasteiger partial charge on any atom is 0.255 e. The van der Waals surface area contributed by atoms with Crippen LogP contribution in [0, 0.1) is 0 Å². The van der Waals surface area contributed by atoms with Crippen molar-refractivity contribution in [2.45, 2.75) is 13.0 Å². The molecule has 23 heavy (non-hydrogen) atoms. The lowest BCUT2D eigenvalue weighted by Gasteiger charge is -2.27. The minimum absolute atomic E-state index is 0.0917. The van der Waals surface area contributed by atoms with E-state index in [4.69, 9.17) is 4.74 Å². The first-order valence-electron chi connectivity index (χ1n) is 7.46. The predicted molar refractivity (Wildman–Crippen MR) is 91.3 cm³/mol. The molecule has 2 N–H and O–H groups in total. The Labute approximate surface area is 136 Å². The van der Waals surface area contributed by atoms with Gasteiger partial charge in [-0.1, -0.05) is 18.2 Å². The van der Waals surface area contributed by atoms with Crippen LogP contribution in [0.1, 0.15) is 17.3 Å². The summed E-state index contributed by atoms with van der Waals surface area (Å²) in [4.78, 5) is 14.3. The molecular formula is C18H22N2O3. The Morgan fingerprint density at radius 2 is 1.96 bits per heavy atom. The Morgan fingerprint density at radius 3 is 2.57 bits per heavy atom. The zero-order valence-corrected chi connectivity index (χ0v) is 13.6. The number of phenolic OH excluding ortho intramolecular Hbond substituents is 1. The van der Waals surface area contributed by atoms with Crippen molar-refractivity contribution in [3.05, 3.63) is 54.1 Å². The summed E-state index contributed by atoms with van der Waals surface area (Å²) in [7, 11) is 3.49. The van der Waals surface area contributed by atoms with E-state index >= 15 is 0 Å². The van der Waals surface area contributed by atoms with Crippen molar-refractivity contribution in [3.8, 4) is 11.5 Å². The number of ether oxygens (including phenoxy) is 1. The fourth-order valence-corrected chi connectivity index (χ4v) is 2.22. The van der Waals surface area contributed by atoms with Gasteiger partial charge in [-0.25, -0.2) is 0 Å². The Morgan fingerprint density at radius 1 is 1.26 bits per heavy atom. The fraction of sp³-hybridized carbons (Fsp3) is 0.278. The average Bonchev–Trinajstić information content (AvgIpc) is 2.59. The number of hydrogen-bond donors (Lipinski definition) is 2. The first-order valence-corrected chi connectivity index (χ1v) is 7.46. The van der Waals surface area contributed by atoms with Gasteiger partial charge in [0.2, 0.25) is 0 Å². The highest BCUT2D eigenvalue weighted by Gasteiger charge is 2.15. The molecule has 122 valence electrons. The molecular weight excluding hydrogens is 292 g/mol. The molecule has 0 saturated heterocycles. The highest BCUT2D eigenvalue weighted by Crippen LogP contribution is 2.23. The van der Waals surface area contributed by atoms with E-state index in [9.17, 15) is 9.90 Å². The molecule has 2 aromatic carbocycles. The van der Waals surface area contributed by atoms with Crippen LogP contribution in [0.5, 0.6) is 11.5 Å². The van der Waals surface area contributed by atoms with Crippen LogP contribution in [-0.2, 0) is 0 Å². The van der Waals surface area contributed by atoms with E-state index in [0.717, 1.165) is 5.69 Å². The monoisotopic (exact) mass is 314 g/mol. The minimum Gasteiger partial charge on any atom is -0.507 e. The number of para-hydroxylation sites is 1. The minimum atomic E-state index is -0.307. The highest BCUT2D eigenvalue weighted by atomic mass is 16.5. The van der Waals surface area contributed by atoms with Crippen molar-refractivity contribution in [1.29, 1.82) is 0 Å². The van der Waals surface area contributed by atoms with Gasteiger partial charge >= 0.3 is 0 Å². The van der Waals surface area contributed by atoms with Crippen molar-refractivity contribution in [1.82, 2.24) is 5.32 Å². The second-order valence-corrected chi connectivity index (χ2v) is 5.39. The molecule has 0 fully saturated rings. The van der Waals surface area contributed by atoms with Crippen LogP contribution in [0.2, 0.25) is 0 Å². The number of carbonyl (C=O) groups excluding carboxylic acids is 1. The number of carbonyl (C=O) groups is 1. The third-order valence-corrected chi connectivity index (χ3v) is 3.83. The first kappa shape index (κ1) is 16.7. The number of hydrogen-bond acceptors (Lipinski definition) is 4. The van der Waals surface area contributed by atoms with E-state index in [1.165, 1.54) is 13.2 Å². The van der Waals surface area contributed by atoms with Crippen LogP contribution in [0.3, 0.4) is 0 Å². The third-order valence-electron chi connectivity index (χ3n) is 3.83. The zero-order valence-electron chi connectivity index (χ0n) is 13.6. The Bertz CT molecular complexity index is 659. The maximum absolute atomic E-state index is 12.2. The zero-order chi connectivity index (χ0) is 16.8. The molecule has 0 aliphatic rings. The first-order chi connectivity index (χ1) is 11.0. The van der Waals surface area contributed by atoms with E-state index in [1.54, 1.807) is 12.1 Å². The number of benzene rings is 2. The lowest BCUT2D eigenvalue weighted by atomic mass is 10.1. The lowest BCUT2D eigenvalue weighted by molar-refractivity contribution is 0.0949. The van der Waals surface area contributed by atoms with Crippen molar-refractivity contribution in [2.75, 3.05) is 25.6 Å². The molecule has 1 amide bonds. The number of methoxy groups -OCH3 is 1. The van der Waals surface area contributed by atoms with E-state index in [0.29, 0.717) is 12.3 Å². The summed E-state index contributed by atoms with van der Waals surface area (Å²) < 4.78 is 5.01. The van der Waals surface area contributed by atoms with Crippen LogP contribution in [0.15, 0.2) is 48.5 Å². The molecule has 2 rings (SSSR count). The van der Waals surface area contributed by atoms with Crippen LogP contribution < -0.4 is 15.0 Å². The highest BCUT2D eigenvalue weighted by molar-refractivity contribution is 5.97. The standard InChI is InChI=1S/C18H22N2O3/c1-13(20(2)14-7-5-4-6-8-14)12-19-18(22)16-10-9-15(23-3)11-17(16)21/h4-11,13,21H,12H2,1-3H3,(H,19,22). The van der Waals surface area contributed by atoms with E-state index in [1.807, 2.05) is 44.3 Å². The summed E-state index contributed by atoms with van der Waals surface area (Å²) in [5, 5.41) is 12.7. The van der Waals surface area contributed by atoms with Gasteiger partial charge in [-0.3, -0.25) is 4.79 Å². The number of anilines is 1. The lowest BCUT2D eigenvalue weighted by Crippen LogP contribution is -2.40. The van der Waals surface area contributed by atoms with Gasteiger partial charge < -0.3 is 20.1 Å². The van der Waals surface area contributed by atoms with E-state index < -0.39 is 0 Å². The second kappa shape index (κ2) is 7.54. The Balaban J connectivity index is 1.96. The summed E-state index contributed by atoms with van der Waals surface area (Å²) in [5.74, 6) is 0.112. The number of likely N-dealkylation sites (N-methyl/N-ethyl adjacent to an activating group) is 1. The van der Waals surface area contributed by atoms with Crippen molar-refractivity contribution in [3.63, 3.8) is 0 Å². The molecule has 5 heteroatoms. The average molecular weight is 314 g/mol. The van der Waals surface area contributed by atoms with Gasteiger partial charge in [-0.15, -0.1) is 0 Å². The molecule has 0 radical (unpaired) electrons. The van der Waals surface area contributed by atoms with Gasteiger partial charge in [0.25, 0.3) is 5.91 Å². The summed E-state index contributed by atoms with van der Waals surface area (Å²) in [6, 6.07) is 14.7. The van der Waals surface area contributed by atoms with Gasteiger partial charge in [0.15, 0.2) is 0 Å². The van der Waals surface area contributed by atoms with Gasteiger partial charge in [0.1, 0.15) is 11.5 Å². The van der Waals surface area contributed by atoms with Gasteiger partial charge in [0, 0.05) is 31.4 Å². The van der Waals surface area contributed by atoms with Crippen LogP contribution in [-0.4, -0.2) is 37.8 Å². The Hall–Kier alpha value is -2.69. The predicted octanol–water partition coefficient (Wildman–Crippen LogP) is 2.66. The molecule has 1 atom stereocenters. The smallest absolute Gasteiger partial charge is 0.255 e. The van der Waals surface area contributed by atoms with Crippen LogP contribution in [0.4, 0.5) is 5.69 Å². The molecule has 0 spiro atoms. The number of rotatable bonds is 6. The van der Waals surface area contributed by atoms with E-state index in [-0.39, 0.29) is 23.3 Å².